The quantitative estimate of drug-likeness (QED) is 0.376. The zero-order valence-corrected chi connectivity index (χ0v) is 21.3. The summed E-state index contributed by atoms with van der Waals surface area (Å²) < 4.78 is 79.6. The number of hydrogen-bond donors (Lipinski definition) is 1. The predicted octanol–water partition coefficient (Wildman–Crippen LogP) is 4.73. The van der Waals surface area contributed by atoms with Crippen molar-refractivity contribution in [1.29, 1.82) is 0 Å². The van der Waals surface area contributed by atoms with Gasteiger partial charge in [0.2, 0.25) is 0 Å². The Morgan fingerprint density at radius 1 is 1.29 bits per heavy atom. The molecule has 0 bridgehead atoms. The van der Waals surface area contributed by atoms with Crippen LogP contribution in [0.2, 0.25) is 0 Å². The number of sulfone groups is 1. The summed E-state index contributed by atoms with van der Waals surface area (Å²) in [7, 11) is -3.27. The summed E-state index contributed by atoms with van der Waals surface area (Å²) in [4.78, 5) is 9.42. The van der Waals surface area contributed by atoms with E-state index in [0.717, 1.165) is 18.2 Å². The fraction of sp³-hybridized carbons (Fsp3) is 0.381. The molecule has 0 aliphatic carbocycles. The number of hydrogen-bond acceptors (Lipinski definition) is 6. The highest BCUT2D eigenvalue weighted by Crippen LogP contribution is 2.49. The van der Waals surface area contributed by atoms with Crippen LogP contribution in [0.5, 0.6) is 0 Å². The molecule has 2 aromatic rings. The van der Waals surface area contributed by atoms with Gasteiger partial charge in [-0.2, -0.15) is 13.2 Å². The van der Waals surface area contributed by atoms with Gasteiger partial charge in [0.25, 0.3) is 5.60 Å². The lowest BCUT2D eigenvalue weighted by Gasteiger charge is -2.29. The van der Waals surface area contributed by atoms with E-state index in [9.17, 15) is 26.0 Å². The van der Waals surface area contributed by atoms with Crippen LogP contribution in [0.1, 0.15) is 35.9 Å². The maximum Gasteiger partial charge on any atom is 0.435 e. The summed E-state index contributed by atoms with van der Waals surface area (Å²) in [6.45, 7) is 3.38. The number of alkyl halides is 3. The number of nitrogens with one attached hydrogen (secondary N) is 1. The van der Waals surface area contributed by atoms with Crippen LogP contribution >= 0.6 is 28.1 Å². The summed E-state index contributed by atoms with van der Waals surface area (Å²) in [5.41, 5.74) is -1.95. The molecule has 2 heterocycles. The minimum Gasteiger partial charge on any atom is -0.375 e. The second-order valence-electron chi connectivity index (χ2n) is 7.68. The molecular weight excluding hydrogens is 562 g/mol. The molecule has 0 saturated carbocycles. The first-order valence-electron chi connectivity index (χ1n) is 9.98. The first-order chi connectivity index (χ1) is 15.8. The third-order valence-electron chi connectivity index (χ3n) is 5.27. The van der Waals surface area contributed by atoms with Crippen LogP contribution in [0, 0.1) is 12.7 Å². The van der Waals surface area contributed by atoms with Gasteiger partial charge in [-0.05, 0) is 36.8 Å². The standard InChI is InChI=1S/C21H20BrF4N3O3S2/c1-3-34(30,31)11-19(33)27-10-13-4-5-17(28-12(13)2)18-9-20(32-29-18,21(24,25)26)14-6-15(22)8-16(23)7-14/h4-8H,3,9-11H2,1-2H3,(H,27,33). The van der Waals surface area contributed by atoms with Crippen LogP contribution in [-0.2, 0) is 26.8 Å². The molecule has 1 unspecified atom stereocenters. The van der Waals surface area contributed by atoms with Gasteiger partial charge in [0, 0.05) is 28.0 Å². The number of aromatic nitrogens is 1. The van der Waals surface area contributed by atoms with Gasteiger partial charge in [-0.25, -0.2) is 12.8 Å². The lowest BCUT2D eigenvalue weighted by atomic mass is 9.87. The number of halogens is 5. The van der Waals surface area contributed by atoms with Crippen LogP contribution in [0.3, 0.4) is 0 Å². The molecule has 0 spiro atoms. The van der Waals surface area contributed by atoms with E-state index in [4.69, 9.17) is 17.1 Å². The fourth-order valence-corrected chi connectivity index (χ4v) is 5.09. The van der Waals surface area contributed by atoms with Crippen molar-refractivity contribution in [3.8, 4) is 0 Å². The number of pyridine rings is 1. The van der Waals surface area contributed by atoms with Gasteiger partial charge in [0.15, 0.2) is 9.84 Å². The zero-order chi connectivity index (χ0) is 25.3. The molecule has 1 aliphatic heterocycles. The van der Waals surface area contributed by atoms with Gasteiger partial charge in [-0.15, -0.1) is 0 Å². The number of rotatable bonds is 7. The molecule has 1 aliphatic rings. The largest absolute Gasteiger partial charge is 0.435 e. The summed E-state index contributed by atoms with van der Waals surface area (Å²) in [6, 6.07) is 6.09. The van der Waals surface area contributed by atoms with E-state index in [1.54, 1.807) is 13.0 Å². The third-order valence-corrected chi connectivity index (χ3v) is 7.81. The Morgan fingerprint density at radius 2 is 2.00 bits per heavy atom. The van der Waals surface area contributed by atoms with E-state index < -0.39 is 39.4 Å². The molecule has 0 amide bonds. The van der Waals surface area contributed by atoms with E-state index in [1.165, 1.54) is 13.0 Å². The normalized spacial score (nSPS) is 18.4. The number of thiocarbonyl (C=S) groups is 1. The first-order valence-corrected chi connectivity index (χ1v) is 13.0. The second-order valence-corrected chi connectivity index (χ2v) is 11.4. The average Bonchev–Trinajstić information content (AvgIpc) is 3.19. The Balaban J connectivity index is 1.79. The molecule has 3 rings (SSSR count). The van der Waals surface area contributed by atoms with Crippen molar-refractivity contribution in [2.24, 2.45) is 5.16 Å². The molecule has 1 aromatic heterocycles. The molecule has 1 N–H and O–H groups in total. The monoisotopic (exact) mass is 581 g/mol. The Morgan fingerprint density at radius 3 is 2.59 bits per heavy atom. The Labute approximate surface area is 207 Å². The SMILES string of the molecule is CCS(=O)(=O)CC(=S)NCc1ccc(C2=NOC(c3cc(F)cc(Br)c3)(C(F)(F)F)C2)nc1C. The number of aryl methyl sites for hydroxylation is 1. The van der Waals surface area contributed by atoms with Crippen molar-refractivity contribution in [2.45, 2.75) is 38.6 Å². The number of oxime groups is 1. The summed E-state index contributed by atoms with van der Waals surface area (Å²) in [5.74, 6) is -1.14. The van der Waals surface area contributed by atoms with E-state index >= 15 is 0 Å². The van der Waals surface area contributed by atoms with Gasteiger partial charge in [-0.1, -0.05) is 46.3 Å². The van der Waals surface area contributed by atoms with Crippen LogP contribution in [0.15, 0.2) is 40.0 Å². The van der Waals surface area contributed by atoms with Crippen molar-refractivity contribution in [1.82, 2.24) is 10.3 Å². The Bertz CT molecular complexity index is 1230. The van der Waals surface area contributed by atoms with Crippen molar-refractivity contribution >= 4 is 48.7 Å². The average molecular weight is 582 g/mol. The molecule has 1 aromatic carbocycles. The maximum atomic E-state index is 14.1. The summed E-state index contributed by atoms with van der Waals surface area (Å²) >= 11 is 8.08. The molecule has 0 saturated heterocycles. The number of nitrogens with zero attached hydrogens (tertiary/aromatic N) is 2. The molecule has 6 nitrogen and oxygen atoms in total. The minimum absolute atomic E-state index is 0.0275. The van der Waals surface area contributed by atoms with Gasteiger partial charge >= 0.3 is 6.18 Å². The topological polar surface area (TPSA) is 80.7 Å². The Hall–Kier alpha value is -2.12. The van der Waals surface area contributed by atoms with Crippen LogP contribution in [0.4, 0.5) is 17.6 Å². The highest BCUT2D eigenvalue weighted by Gasteiger charge is 2.62. The van der Waals surface area contributed by atoms with Crippen LogP contribution in [-0.4, -0.2) is 41.8 Å². The first kappa shape index (κ1) is 26.5. The molecule has 13 heteroatoms. The van der Waals surface area contributed by atoms with Crippen LogP contribution in [0.25, 0.3) is 0 Å². The van der Waals surface area contributed by atoms with Gasteiger partial charge < -0.3 is 10.2 Å². The van der Waals surface area contributed by atoms with E-state index in [1.807, 2.05) is 0 Å². The highest BCUT2D eigenvalue weighted by atomic mass is 79.9. The van der Waals surface area contributed by atoms with Crippen molar-refractivity contribution in [3.63, 3.8) is 0 Å². The minimum atomic E-state index is -4.88. The maximum absolute atomic E-state index is 14.1. The highest BCUT2D eigenvalue weighted by molar-refractivity contribution is 9.10. The summed E-state index contributed by atoms with van der Waals surface area (Å²) in [6.07, 6.45) is -5.56. The van der Waals surface area contributed by atoms with Crippen molar-refractivity contribution in [2.75, 3.05) is 11.5 Å². The number of benzene rings is 1. The fourth-order valence-electron chi connectivity index (χ4n) is 3.31. The smallest absolute Gasteiger partial charge is 0.375 e. The molecule has 34 heavy (non-hydrogen) atoms. The zero-order valence-electron chi connectivity index (χ0n) is 18.0. The van der Waals surface area contributed by atoms with Gasteiger partial charge in [-0.3, -0.25) is 4.98 Å². The van der Waals surface area contributed by atoms with Gasteiger partial charge in [0.1, 0.15) is 17.3 Å². The lowest BCUT2D eigenvalue weighted by Crippen LogP contribution is -2.42. The molecule has 0 radical (unpaired) electrons. The van der Waals surface area contributed by atoms with Crippen molar-refractivity contribution < 1.29 is 30.8 Å². The molecule has 184 valence electrons. The summed E-state index contributed by atoms with van der Waals surface area (Å²) in [5, 5.41) is 6.50. The van der Waals surface area contributed by atoms with E-state index in [-0.39, 0.29) is 38.9 Å². The molecule has 1 atom stereocenters. The van der Waals surface area contributed by atoms with Crippen LogP contribution < -0.4 is 5.32 Å². The van der Waals surface area contributed by atoms with Gasteiger partial charge in [0.05, 0.1) is 17.1 Å². The lowest BCUT2D eigenvalue weighted by molar-refractivity contribution is -0.276. The second kappa shape index (κ2) is 9.86. The van der Waals surface area contributed by atoms with E-state index in [0.29, 0.717) is 11.3 Å². The predicted molar refractivity (Wildman–Crippen MR) is 127 cm³/mol. The molecule has 0 fully saturated rings. The Kier molecular flexibility index (Phi) is 7.68. The van der Waals surface area contributed by atoms with E-state index in [2.05, 4.69) is 31.4 Å². The third kappa shape index (κ3) is 5.74. The molecular formula is C21H20BrF4N3O3S2. The van der Waals surface area contributed by atoms with Crippen molar-refractivity contribution in [3.05, 3.63) is 63.1 Å².